The topological polar surface area (TPSA) is 3.24 Å². The molecule has 1 rings (SSSR count). The van der Waals surface area contributed by atoms with Crippen molar-refractivity contribution in [1.29, 1.82) is 0 Å². The molecule has 0 radical (unpaired) electrons. The van der Waals surface area contributed by atoms with Gasteiger partial charge in [0.15, 0.2) is 0 Å². The molecule has 1 aliphatic rings. The highest BCUT2D eigenvalue weighted by atomic mass is 28.3. The van der Waals surface area contributed by atoms with E-state index >= 15 is 0 Å². The van der Waals surface area contributed by atoms with Gasteiger partial charge in [0.25, 0.3) is 0 Å². The summed E-state index contributed by atoms with van der Waals surface area (Å²) >= 11 is 0. The lowest BCUT2D eigenvalue weighted by molar-refractivity contribution is 0.475. The predicted octanol–water partition coefficient (Wildman–Crippen LogP) is 1.92. The number of rotatable bonds is 3. The molecule has 1 aliphatic heterocycles. The quantitative estimate of drug-likeness (QED) is 0.631. The van der Waals surface area contributed by atoms with Gasteiger partial charge in [0.1, 0.15) is 8.96 Å². The van der Waals surface area contributed by atoms with E-state index in [0.29, 0.717) is 0 Å². The third kappa shape index (κ3) is 2.71. The summed E-state index contributed by atoms with van der Waals surface area (Å²) in [5.41, 5.74) is 0. The highest BCUT2D eigenvalue weighted by Gasteiger charge is 2.23. The molecule has 0 amide bonds. The minimum atomic E-state index is -0.412. The van der Waals surface area contributed by atoms with Gasteiger partial charge in [0, 0.05) is 8.80 Å². The lowest BCUT2D eigenvalue weighted by Crippen LogP contribution is -2.42. The van der Waals surface area contributed by atoms with Crippen molar-refractivity contribution >= 4 is 17.8 Å². The summed E-state index contributed by atoms with van der Waals surface area (Å²) in [7, 11) is -0.600. The summed E-state index contributed by atoms with van der Waals surface area (Å²) in [6.45, 7) is 9.82. The summed E-state index contributed by atoms with van der Waals surface area (Å²) in [6.07, 6.45) is 0. The van der Waals surface area contributed by atoms with Crippen LogP contribution < -0.4 is 0 Å². The Morgan fingerprint density at radius 1 is 1.00 bits per heavy atom. The maximum Gasteiger partial charge on any atom is 0.111 e. The van der Waals surface area contributed by atoms with Crippen molar-refractivity contribution < 1.29 is 0 Å². The largest absolute Gasteiger partial charge is 0.327 e. The first-order chi connectivity index (χ1) is 5.77. The molecule has 1 nitrogen and oxygen atoms in total. The molecule has 0 aromatic rings. The molecule has 3 heteroatoms. The van der Waals surface area contributed by atoms with Crippen molar-refractivity contribution in [2.75, 3.05) is 13.1 Å². The van der Waals surface area contributed by atoms with Crippen LogP contribution in [0.4, 0.5) is 0 Å². The van der Waals surface area contributed by atoms with Crippen LogP contribution in [0.1, 0.15) is 13.8 Å². The Balaban J connectivity index is 2.32. The fraction of sp³-hybridized carbons (Fsp3) is 1.00. The third-order valence-corrected chi connectivity index (χ3v) is 11.0. The van der Waals surface area contributed by atoms with Gasteiger partial charge < -0.3 is 4.57 Å². The summed E-state index contributed by atoms with van der Waals surface area (Å²) in [6, 6.07) is 6.56. The average Bonchev–Trinajstić information content (AvgIpc) is 2.10. The molecule has 0 aliphatic carbocycles. The third-order valence-electron chi connectivity index (χ3n) is 3.31. The second-order valence-corrected chi connectivity index (χ2v) is 10.7. The zero-order chi connectivity index (χ0) is 8.97. The molecule has 1 heterocycles. The summed E-state index contributed by atoms with van der Waals surface area (Å²) in [5.74, 6) is 0. The molecule has 0 N–H and O–H groups in total. The van der Waals surface area contributed by atoms with E-state index < -0.39 is 8.96 Å². The molecular formula is C9H23NSi2. The van der Waals surface area contributed by atoms with Gasteiger partial charge >= 0.3 is 0 Å². The fourth-order valence-electron chi connectivity index (χ4n) is 2.35. The molecule has 12 heavy (non-hydrogen) atoms. The van der Waals surface area contributed by atoms with E-state index in [1.807, 2.05) is 0 Å². The van der Waals surface area contributed by atoms with Crippen LogP contribution in [0.25, 0.3) is 0 Å². The van der Waals surface area contributed by atoms with Gasteiger partial charge in [-0.25, -0.2) is 0 Å². The van der Waals surface area contributed by atoms with Crippen LogP contribution in [0, 0.1) is 0 Å². The zero-order valence-corrected chi connectivity index (χ0v) is 11.2. The van der Waals surface area contributed by atoms with Gasteiger partial charge in [0.2, 0.25) is 0 Å². The van der Waals surface area contributed by atoms with Crippen molar-refractivity contribution in [1.82, 2.24) is 4.57 Å². The smallest absolute Gasteiger partial charge is 0.111 e. The zero-order valence-electron chi connectivity index (χ0n) is 8.84. The Morgan fingerprint density at radius 2 is 1.50 bits per heavy atom. The second-order valence-electron chi connectivity index (χ2n) is 4.13. The Kier molecular flexibility index (Phi) is 4.53. The van der Waals surface area contributed by atoms with Gasteiger partial charge in [-0.2, -0.15) is 0 Å². The number of nitrogens with zero attached hydrogens (tertiary/aromatic N) is 1. The highest BCUT2D eigenvalue weighted by Crippen LogP contribution is 2.22. The Morgan fingerprint density at radius 3 is 1.92 bits per heavy atom. The van der Waals surface area contributed by atoms with Crippen LogP contribution in [0.3, 0.4) is 0 Å². The van der Waals surface area contributed by atoms with Crippen LogP contribution >= 0.6 is 0 Å². The van der Waals surface area contributed by atoms with Gasteiger partial charge in [-0.1, -0.05) is 32.5 Å². The molecule has 1 saturated heterocycles. The van der Waals surface area contributed by atoms with Crippen LogP contribution in [-0.4, -0.2) is 35.4 Å². The van der Waals surface area contributed by atoms with E-state index in [0.717, 1.165) is 0 Å². The summed E-state index contributed by atoms with van der Waals surface area (Å²) in [5, 5.41) is 0. The Bertz CT molecular complexity index is 118. The summed E-state index contributed by atoms with van der Waals surface area (Å²) < 4.78 is 2.78. The molecule has 0 spiro atoms. The highest BCUT2D eigenvalue weighted by molar-refractivity contribution is 6.67. The Labute approximate surface area is 80.4 Å². The fourth-order valence-corrected chi connectivity index (χ4v) is 12.3. The minimum Gasteiger partial charge on any atom is -0.327 e. The van der Waals surface area contributed by atoms with Gasteiger partial charge in [-0.05, 0) is 25.2 Å². The monoisotopic (exact) mass is 201 g/mol. The van der Waals surface area contributed by atoms with E-state index in [4.69, 9.17) is 0 Å². The van der Waals surface area contributed by atoms with E-state index in [2.05, 4.69) is 25.0 Å². The van der Waals surface area contributed by atoms with E-state index in [1.165, 1.54) is 13.1 Å². The molecule has 0 aromatic heterocycles. The van der Waals surface area contributed by atoms with Gasteiger partial charge in [-0.15, -0.1) is 0 Å². The molecule has 0 saturated carbocycles. The molecular weight excluding hydrogens is 178 g/mol. The lowest BCUT2D eigenvalue weighted by Gasteiger charge is -2.33. The van der Waals surface area contributed by atoms with Crippen molar-refractivity contribution in [3.8, 4) is 0 Å². The average molecular weight is 201 g/mol. The molecule has 1 fully saturated rings. The lowest BCUT2D eigenvalue weighted by atomic mass is 10.7. The van der Waals surface area contributed by atoms with Crippen molar-refractivity contribution in [3.05, 3.63) is 0 Å². The van der Waals surface area contributed by atoms with Gasteiger partial charge in [-0.3, -0.25) is 0 Å². The minimum absolute atomic E-state index is 0.188. The standard InChI is InChI=1S/C9H23NSi2/c1-4-10(5-2)12-8-6-11(3)7-9-12/h11-12H,4-9H2,1-3H3. The normalized spacial score (nSPS) is 31.0. The van der Waals surface area contributed by atoms with Crippen molar-refractivity contribution in [3.63, 3.8) is 0 Å². The molecule has 0 bridgehead atoms. The maximum atomic E-state index is 2.78. The SMILES string of the molecule is CCN(CC)[SiH]1CC[SiH](C)CC1. The first-order valence-electron chi connectivity index (χ1n) is 5.52. The second kappa shape index (κ2) is 5.19. The van der Waals surface area contributed by atoms with Crippen LogP contribution in [-0.2, 0) is 0 Å². The van der Waals surface area contributed by atoms with Crippen LogP contribution in [0.15, 0.2) is 0 Å². The van der Waals surface area contributed by atoms with Gasteiger partial charge in [0.05, 0.1) is 0 Å². The van der Waals surface area contributed by atoms with E-state index in [9.17, 15) is 0 Å². The number of hydrogen-bond acceptors (Lipinski definition) is 1. The van der Waals surface area contributed by atoms with Crippen LogP contribution in [0.2, 0.25) is 30.7 Å². The van der Waals surface area contributed by atoms with Crippen LogP contribution in [0.5, 0.6) is 0 Å². The van der Waals surface area contributed by atoms with Crippen molar-refractivity contribution in [2.45, 2.75) is 44.6 Å². The predicted molar refractivity (Wildman–Crippen MR) is 62.3 cm³/mol. The van der Waals surface area contributed by atoms with E-state index in [-0.39, 0.29) is 8.80 Å². The van der Waals surface area contributed by atoms with Crippen molar-refractivity contribution in [2.24, 2.45) is 0 Å². The Hall–Kier alpha value is 0.394. The maximum absolute atomic E-state index is 2.78. The summed E-state index contributed by atoms with van der Waals surface area (Å²) in [4.78, 5) is 0. The number of hydrogen-bond donors (Lipinski definition) is 0. The molecule has 72 valence electrons. The molecule has 0 atom stereocenters. The first kappa shape index (κ1) is 10.5. The van der Waals surface area contributed by atoms with E-state index in [1.54, 1.807) is 24.2 Å². The first-order valence-corrected chi connectivity index (χ1v) is 10.5. The molecule has 0 aromatic carbocycles. The molecule has 0 unspecified atom stereocenters.